The van der Waals surface area contributed by atoms with Gasteiger partial charge in [0.15, 0.2) is 5.41 Å². The number of amides is 1. The zero-order valence-electron chi connectivity index (χ0n) is 18.8. The van der Waals surface area contributed by atoms with Gasteiger partial charge in [-0.1, -0.05) is 19.1 Å². The van der Waals surface area contributed by atoms with Crippen LogP contribution in [0.2, 0.25) is 0 Å². The predicted octanol–water partition coefficient (Wildman–Crippen LogP) is 3.43. The Bertz CT molecular complexity index is 1140. The van der Waals surface area contributed by atoms with Crippen molar-refractivity contribution in [2.45, 2.75) is 64.8 Å². The Hall–Kier alpha value is -3.27. The Kier molecular flexibility index (Phi) is 4.48. The van der Waals surface area contributed by atoms with Crippen LogP contribution in [0.4, 0.5) is 5.69 Å². The van der Waals surface area contributed by atoms with Gasteiger partial charge in [-0.15, -0.1) is 0 Å². The molecule has 162 valence electrons. The van der Waals surface area contributed by atoms with Crippen LogP contribution in [0.15, 0.2) is 34.9 Å². The fraction of sp³-hybridized carbons (Fsp3) is 0.458. The molecule has 1 aromatic carbocycles. The topological polar surface area (TPSA) is 106 Å². The highest BCUT2D eigenvalue weighted by Crippen LogP contribution is 2.60. The number of carbonyl (C=O) groups is 2. The number of ether oxygens (including phenoxy) is 2. The maximum absolute atomic E-state index is 14.4. The maximum Gasteiger partial charge on any atom is 0.339 e. The molecule has 4 rings (SSSR count). The SMILES string of the molecule is CCOC(=O)C1=C(C)OC(N)=C(C#N)[C@@]12C(=O)N1c3c(ccc(C)c32)[C@@H](C)CC1(C)C. The van der Waals surface area contributed by atoms with Gasteiger partial charge in [0.1, 0.15) is 23.0 Å². The zero-order valence-corrected chi connectivity index (χ0v) is 18.8. The highest BCUT2D eigenvalue weighted by molar-refractivity contribution is 6.20. The van der Waals surface area contributed by atoms with Gasteiger partial charge in [0.2, 0.25) is 11.8 Å². The van der Waals surface area contributed by atoms with E-state index < -0.39 is 16.9 Å². The van der Waals surface area contributed by atoms with Crippen molar-refractivity contribution in [2.24, 2.45) is 5.73 Å². The minimum atomic E-state index is -1.69. The fourth-order valence-corrected chi connectivity index (χ4v) is 5.67. The summed E-state index contributed by atoms with van der Waals surface area (Å²) in [5, 5.41) is 10.1. The lowest BCUT2D eigenvalue weighted by molar-refractivity contribution is -0.141. The third-order valence-electron chi connectivity index (χ3n) is 6.68. The molecule has 0 unspecified atom stereocenters. The first-order valence-electron chi connectivity index (χ1n) is 10.5. The van der Waals surface area contributed by atoms with E-state index in [1.165, 1.54) is 0 Å². The number of aryl methyl sites for hydroxylation is 1. The molecule has 2 N–H and O–H groups in total. The molecule has 1 aromatic rings. The van der Waals surface area contributed by atoms with Crippen LogP contribution in [0.5, 0.6) is 0 Å². The first-order chi connectivity index (χ1) is 14.5. The third-order valence-corrected chi connectivity index (χ3v) is 6.68. The summed E-state index contributed by atoms with van der Waals surface area (Å²) in [4.78, 5) is 29.4. The third kappa shape index (κ3) is 2.45. The van der Waals surface area contributed by atoms with E-state index in [4.69, 9.17) is 15.2 Å². The minimum absolute atomic E-state index is 0.0273. The van der Waals surface area contributed by atoms with Crippen molar-refractivity contribution < 1.29 is 19.1 Å². The van der Waals surface area contributed by atoms with Crippen LogP contribution >= 0.6 is 0 Å². The molecule has 3 heterocycles. The highest BCUT2D eigenvalue weighted by Gasteiger charge is 2.65. The van der Waals surface area contributed by atoms with E-state index in [-0.39, 0.29) is 41.2 Å². The first kappa shape index (κ1) is 21.0. The molecule has 0 saturated heterocycles. The van der Waals surface area contributed by atoms with Gasteiger partial charge in [0.05, 0.1) is 12.3 Å². The predicted molar refractivity (Wildman–Crippen MR) is 115 cm³/mol. The minimum Gasteiger partial charge on any atom is -0.462 e. The van der Waals surface area contributed by atoms with E-state index >= 15 is 0 Å². The number of hydrogen-bond donors (Lipinski definition) is 1. The standard InChI is InChI=1S/C24H27N3O4/c1-7-30-21(28)18-14(4)31-20(26)16(11-25)24(18)17-12(2)8-9-15-13(3)10-23(5,6)27(19(15)17)22(24)29/h8-9,13H,7,10,26H2,1-6H3/t13-,24-/m0/s1. The van der Waals surface area contributed by atoms with Crippen molar-refractivity contribution in [3.63, 3.8) is 0 Å². The molecule has 7 nitrogen and oxygen atoms in total. The second-order valence-corrected chi connectivity index (χ2v) is 9.11. The summed E-state index contributed by atoms with van der Waals surface area (Å²) in [6.45, 7) is 11.4. The van der Waals surface area contributed by atoms with E-state index in [2.05, 4.69) is 13.0 Å². The van der Waals surface area contributed by atoms with Gasteiger partial charge in [-0.05, 0) is 58.1 Å². The summed E-state index contributed by atoms with van der Waals surface area (Å²) in [7, 11) is 0. The lowest BCUT2D eigenvalue weighted by Crippen LogP contribution is -2.55. The van der Waals surface area contributed by atoms with Crippen LogP contribution in [0.25, 0.3) is 0 Å². The maximum atomic E-state index is 14.4. The fourth-order valence-electron chi connectivity index (χ4n) is 5.67. The Morgan fingerprint density at radius 1 is 1.39 bits per heavy atom. The van der Waals surface area contributed by atoms with Gasteiger partial charge in [-0.25, -0.2) is 4.79 Å². The number of allylic oxidation sites excluding steroid dienone is 1. The van der Waals surface area contributed by atoms with Crippen LogP contribution < -0.4 is 10.6 Å². The van der Waals surface area contributed by atoms with Crippen molar-refractivity contribution in [1.29, 1.82) is 5.26 Å². The van der Waals surface area contributed by atoms with Crippen LogP contribution in [-0.4, -0.2) is 24.0 Å². The van der Waals surface area contributed by atoms with Crippen LogP contribution in [0.3, 0.4) is 0 Å². The number of nitrogens with two attached hydrogens (primary N) is 1. The molecule has 1 amide bonds. The van der Waals surface area contributed by atoms with Gasteiger partial charge in [0.25, 0.3) is 0 Å². The number of nitrogens with zero attached hydrogens (tertiary/aromatic N) is 2. The smallest absolute Gasteiger partial charge is 0.339 e. The molecule has 1 spiro atoms. The Labute approximate surface area is 182 Å². The average Bonchev–Trinajstić information content (AvgIpc) is 2.92. The second-order valence-electron chi connectivity index (χ2n) is 9.11. The Morgan fingerprint density at radius 2 is 2.06 bits per heavy atom. The molecule has 3 aliphatic heterocycles. The van der Waals surface area contributed by atoms with E-state index in [1.807, 2.05) is 32.9 Å². The molecule has 0 saturated carbocycles. The largest absolute Gasteiger partial charge is 0.462 e. The molecular weight excluding hydrogens is 394 g/mol. The van der Waals surface area contributed by atoms with Crippen LogP contribution in [0, 0.1) is 18.3 Å². The molecular formula is C24H27N3O4. The molecule has 0 aliphatic carbocycles. The molecule has 0 radical (unpaired) electrons. The number of anilines is 1. The monoisotopic (exact) mass is 421 g/mol. The second kappa shape index (κ2) is 6.61. The van der Waals surface area contributed by atoms with E-state index in [0.717, 1.165) is 23.2 Å². The number of carbonyl (C=O) groups excluding carboxylic acids is 2. The van der Waals surface area contributed by atoms with Crippen LogP contribution in [0.1, 0.15) is 63.6 Å². The van der Waals surface area contributed by atoms with E-state index in [9.17, 15) is 14.9 Å². The number of nitriles is 1. The van der Waals surface area contributed by atoms with Gasteiger partial charge in [-0.3, -0.25) is 4.79 Å². The molecule has 0 fully saturated rings. The number of esters is 1. The molecule has 7 heteroatoms. The molecule has 31 heavy (non-hydrogen) atoms. The van der Waals surface area contributed by atoms with Gasteiger partial charge < -0.3 is 20.1 Å². The average molecular weight is 421 g/mol. The summed E-state index contributed by atoms with van der Waals surface area (Å²) in [5.74, 6) is -0.835. The lowest BCUT2D eigenvalue weighted by atomic mass is 9.66. The molecule has 0 aromatic heterocycles. The van der Waals surface area contributed by atoms with Gasteiger partial charge in [0, 0.05) is 11.1 Å². The summed E-state index contributed by atoms with van der Waals surface area (Å²) in [6.07, 6.45) is 0.749. The number of fused-ring (bicyclic) bond motifs is 1. The van der Waals surface area contributed by atoms with Gasteiger partial charge >= 0.3 is 5.97 Å². The highest BCUT2D eigenvalue weighted by atomic mass is 16.5. The first-order valence-corrected chi connectivity index (χ1v) is 10.5. The summed E-state index contributed by atoms with van der Waals surface area (Å²) in [5.41, 5.74) is 7.12. The zero-order chi connectivity index (χ0) is 22.9. The molecule has 3 aliphatic rings. The quantitative estimate of drug-likeness (QED) is 0.734. The molecule has 2 atom stereocenters. The Balaban J connectivity index is 2.20. The summed E-state index contributed by atoms with van der Waals surface area (Å²) < 4.78 is 10.9. The van der Waals surface area contributed by atoms with Crippen molar-refractivity contribution in [1.82, 2.24) is 0 Å². The van der Waals surface area contributed by atoms with Gasteiger partial charge in [-0.2, -0.15) is 5.26 Å². The summed E-state index contributed by atoms with van der Waals surface area (Å²) >= 11 is 0. The molecule has 0 bridgehead atoms. The number of hydrogen-bond acceptors (Lipinski definition) is 6. The van der Waals surface area contributed by atoms with Crippen LogP contribution in [-0.2, 0) is 24.5 Å². The van der Waals surface area contributed by atoms with Crippen molar-refractivity contribution in [3.05, 3.63) is 51.6 Å². The van der Waals surface area contributed by atoms with Crippen molar-refractivity contribution in [3.8, 4) is 6.07 Å². The summed E-state index contributed by atoms with van der Waals surface area (Å²) in [6, 6.07) is 6.07. The lowest BCUT2D eigenvalue weighted by Gasteiger charge is -2.44. The van der Waals surface area contributed by atoms with E-state index in [0.29, 0.717) is 5.56 Å². The number of benzene rings is 1. The normalized spacial score (nSPS) is 26.0. The Morgan fingerprint density at radius 3 is 2.68 bits per heavy atom. The number of rotatable bonds is 2. The van der Waals surface area contributed by atoms with Crippen molar-refractivity contribution >= 4 is 17.6 Å². The van der Waals surface area contributed by atoms with Crippen molar-refractivity contribution in [2.75, 3.05) is 11.5 Å². The van der Waals surface area contributed by atoms with E-state index in [1.54, 1.807) is 18.7 Å².